The van der Waals surface area contributed by atoms with Crippen LogP contribution in [0.2, 0.25) is 0 Å². The Balaban J connectivity index is 2.45. The van der Waals surface area contributed by atoms with Gasteiger partial charge in [0, 0.05) is 0 Å². The van der Waals surface area contributed by atoms with Crippen molar-refractivity contribution in [2.45, 2.75) is 13.3 Å². The smallest absolute Gasteiger partial charge is 0.242 e. The summed E-state index contributed by atoms with van der Waals surface area (Å²) < 4.78 is 5.30. The van der Waals surface area contributed by atoms with Crippen LogP contribution >= 0.6 is 12.2 Å². The SMILES string of the molecule is CCOc1ccc(CC(=O)NNC(N)=S)cc1. The number of hydrazine groups is 1. The van der Waals surface area contributed by atoms with E-state index in [0.717, 1.165) is 11.3 Å². The predicted molar refractivity (Wildman–Crippen MR) is 69.4 cm³/mol. The minimum absolute atomic E-state index is 0.0324. The Morgan fingerprint density at radius 3 is 2.53 bits per heavy atom. The minimum atomic E-state index is -0.207. The van der Waals surface area contributed by atoms with Crippen molar-refractivity contribution < 1.29 is 9.53 Å². The van der Waals surface area contributed by atoms with Gasteiger partial charge >= 0.3 is 0 Å². The average molecular weight is 253 g/mol. The van der Waals surface area contributed by atoms with Gasteiger partial charge in [-0.15, -0.1) is 0 Å². The Morgan fingerprint density at radius 1 is 1.35 bits per heavy atom. The molecule has 0 aliphatic rings. The molecule has 0 radical (unpaired) electrons. The van der Waals surface area contributed by atoms with Crippen molar-refractivity contribution in [1.82, 2.24) is 10.9 Å². The molecule has 0 spiro atoms. The zero-order chi connectivity index (χ0) is 12.7. The van der Waals surface area contributed by atoms with Crippen LogP contribution in [0.1, 0.15) is 12.5 Å². The van der Waals surface area contributed by atoms with Gasteiger partial charge in [0.2, 0.25) is 5.91 Å². The van der Waals surface area contributed by atoms with Gasteiger partial charge in [0.15, 0.2) is 5.11 Å². The number of thiocarbonyl (C=S) groups is 1. The summed E-state index contributed by atoms with van der Waals surface area (Å²) in [6, 6.07) is 7.33. The Morgan fingerprint density at radius 2 is 2.00 bits per heavy atom. The maximum Gasteiger partial charge on any atom is 0.242 e. The highest BCUT2D eigenvalue weighted by Crippen LogP contribution is 2.12. The van der Waals surface area contributed by atoms with Gasteiger partial charge in [-0.2, -0.15) is 0 Å². The van der Waals surface area contributed by atoms with Crippen LogP contribution in [0, 0.1) is 0 Å². The Bertz CT molecular complexity index is 392. The molecule has 0 saturated carbocycles. The highest BCUT2D eigenvalue weighted by molar-refractivity contribution is 7.80. The van der Waals surface area contributed by atoms with E-state index in [4.69, 9.17) is 10.5 Å². The number of carbonyl (C=O) groups excluding carboxylic acids is 1. The molecule has 0 atom stereocenters. The van der Waals surface area contributed by atoms with E-state index in [0.29, 0.717) is 6.61 Å². The van der Waals surface area contributed by atoms with Crippen molar-refractivity contribution in [2.75, 3.05) is 6.61 Å². The van der Waals surface area contributed by atoms with E-state index < -0.39 is 0 Å². The van der Waals surface area contributed by atoms with Crippen LogP contribution in [0.25, 0.3) is 0 Å². The van der Waals surface area contributed by atoms with E-state index in [-0.39, 0.29) is 17.4 Å². The number of benzene rings is 1. The monoisotopic (exact) mass is 253 g/mol. The van der Waals surface area contributed by atoms with E-state index in [1.165, 1.54) is 0 Å². The first-order valence-electron chi connectivity index (χ1n) is 5.18. The first-order chi connectivity index (χ1) is 8.11. The van der Waals surface area contributed by atoms with E-state index in [2.05, 4.69) is 23.1 Å². The molecule has 6 heteroatoms. The summed E-state index contributed by atoms with van der Waals surface area (Å²) in [7, 11) is 0. The van der Waals surface area contributed by atoms with E-state index in [9.17, 15) is 4.79 Å². The van der Waals surface area contributed by atoms with Gasteiger partial charge < -0.3 is 10.5 Å². The molecule has 0 aromatic heterocycles. The molecule has 0 saturated heterocycles. The number of rotatable bonds is 4. The van der Waals surface area contributed by atoms with Crippen LogP contribution in [0.5, 0.6) is 5.75 Å². The maximum atomic E-state index is 11.4. The third-order valence-corrected chi connectivity index (χ3v) is 2.03. The summed E-state index contributed by atoms with van der Waals surface area (Å²) in [5.74, 6) is 0.583. The van der Waals surface area contributed by atoms with Gasteiger partial charge in [-0.1, -0.05) is 12.1 Å². The number of carbonyl (C=O) groups is 1. The zero-order valence-electron chi connectivity index (χ0n) is 9.53. The van der Waals surface area contributed by atoms with Crippen molar-refractivity contribution in [1.29, 1.82) is 0 Å². The van der Waals surface area contributed by atoms with Gasteiger partial charge in [0.05, 0.1) is 13.0 Å². The summed E-state index contributed by atoms with van der Waals surface area (Å²) in [6.07, 6.45) is 0.252. The fourth-order valence-corrected chi connectivity index (χ4v) is 1.28. The Labute approximate surface area is 105 Å². The normalized spacial score (nSPS) is 9.47. The molecular formula is C11H15N3O2S. The highest BCUT2D eigenvalue weighted by atomic mass is 32.1. The molecule has 0 bridgehead atoms. The molecule has 17 heavy (non-hydrogen) atoms. The standard InChI is InChI=1S/C11H15N3O2S/c1-2-16-9-5-3-8(4-6-9)7-10(15)13-14-11(12)17/h3-6H,2,7H2,1H3,(H,13,15)(H3,12,14,17). The van der Waals surface area contributed by atoms with Gasteiger partial charge in [0.1, 0.15) is 5.75 Å². The molecule has 1 amide bonds. The van der Waals surface area contributed by atoms with E-state index in [1.54, 1.807) is 0 Å². The summed E-state index contributed by atoms with van der Waals surface area (Å²) in [6.45, 7) is 2.54. The number of hydrogen-bond donors (Lipinski definition) is 3. The summed E-state index contributed by atoms with van der Waals surface area (Å²) in [5.41, 5.74) is 10.8. The molecule has 1 rings (SSSR count). The number of nitrogens with two attached hydrogens (primary N) is 1. The van der Waals surface area contributed by atoms with Crippen molar-refractivity contribution >= 4 is 23.2 Å². The number of nitrogens with one attached hydrogen (secondary N) is 2. The van der Waals surface area contributed by atoms with Crippen LogP contribution in [0.3, 0.4) is 0 Å². The maximum absolute atomic E-state index is 11.4. The van der Waals surface area contributed by atoms with Crippen molar-refractivity contribution in [3.8, 4) is 5.75 Å². The van der Waals surface area contributed by atoms with Crippen LogP contribution < -0.4 is 21.3 Å². The molecule has 0 unspecified atom stereocenters. The second kappa shape index (κ2) is 6.70. The second-order valence-corrected chi connectivity index (χ2v) is 3.73. The number of hydrogen-bond acceptors (Lipinski definition) is 3. The molecular weight excluding hydrogens is 238 g/mol. The third-order valence-electron chi connectivity index (χ3n) is 1.92. The van der Waals surface area contributed by atoms with E-state index in [1.807, 2.05) is 31.2 Å². The minimum Gasteiger partial charge on any atom is -0.494 e. The summed E-state index contributed by atoms with van der Waals surface area (Å²) in [5, 5.41) is 0.0324. The highest BCUT2D eigenvalue weighted by Gasteiger charge is 2.03. The third kappa shape index (κ3) is 5.17. The van der Waals surface area contributed by atoms with Crippen LogP contribution in [0.15, 0.2) is 24.3 Å². The molecule has 1 aromatic carbocycles. The lowest BCUT2D eigenvalue weighted by molar-refractivity contribution is -0.121. The fraction of sp³-hybridized carbons (Fsp3) is 0.273. The molecule has 92 valence electrons. The van der Waals surface area contributed by atoms with Crippen molar-refractivity contribution in [3.05, 3.63) is 29.8 Å². The predicted octanol–water partition coefficient (Wildman–Crippen LogP) is 0.492. The first kappa shape index (κ1) is 13.2. The molecule has 1 aromatic rings. The van der Waals surface area contributed by atoms with Crippen molar-refractivity contribution in [3.63, 3.8) is 0 Å². The largest absolute Gasteiger partial charge is 0.494 e. The lowest BCUT2D eigenvalue weighted by atomic mass is 10.1. The summed E-state index contributed by atoms with van der Waals surface area (Å²) in [4.78, 5) is 11.4. The fourth-order valence-electron chi connectivity index (χ4n) is 1.23. The average Bonchev–Trinajstić information content (AvgIpc) is 2.29. The summed E-state index contributed by atoms with van der Waals surface area (Å²) >= 11 is 4.56. The van der Waals surface area contributed by atoms with Crippen molar-refractivity contribution in [2.24, 2.45) is 5.73 Å². The molecule has 5 nitrogen and oxygen atoms in total. The molecule has 0 fully saturated rings. The number of amides is 1. The van der Waals surface area contributed by atoms with E-state index >= 15 is 0 Å². The topological polar surface area (TPSA) is 76.4 Å². The number of ether oxygens (including phenoxy) is 1. The lowest BCUT2D eigenvalue weighted by Gasteiger charge is -2.07. The zero-order valence-corrected chi connectivity index (χ0v) is 10.3. The second-order valence-electron chi connectivity index (χ2n) is 3.29. The Kier molecular flexibility index (Phi) is 5.22. The molecule has 4 N–H and O–H groups in total. The van der Waals surface area contributed by atoms with Crippen LogP contribution in [0.4, 0.5) is 0 Å². The lowest BCUT2D eigenvalue weighted by Crippen LogP contribution is -2.44. The van der Waals surface area contributed by atoms with Gasteiger partial charge in [-0.3, -0.25) is 15.6 Å². The Hall–Kier alpha value is -1.82. The van der Waals surface area contributed by atoms with Gasteiger partial charge in [-0.05, 0) is 36.8 Å². The van der Waals surface area contributed by atoms with Crippen LogP contribution in [-0.4, -0.2) is 17.6 Å². The van der Waals surface area contributed by atoms with Crippen LogP contribution in [-0.2, 0) is 11.2 Å². The van der Waals surface area contributed by atoms with Gasteiger partial charge in [-0.25, -0.2) is 0 Å². The molecule has 0 aliphatic carbocycles. The molecule has 0 aliphatic heterocycles. The quantitative estimate of drug-likeness (QED) is 0.538. The van der Waals surface area contributed by atoms with Gasteiger partial charge in [0.25, 0.3) is 0 Å². The first-order valence-corrected chi connectivity index (χ1v) is 5.58. The molecule has 0 heterocycles.